The second-order valence-corrected chi connectivity index (χ2v) is 6.60. The Morgan fingerprint density at radius 1 is 1.15 bits per heavy atom. The van der Waals surface area contributed by atoms with Gasteiger partial charge in [0.25, 0.3) is 0 Å². The van der Waals surface area contributed by atoms with Crippen molar-refractivity contribution < 1.29 is 4.42 Å². The zero-order valence-electron chi connectivity index (χ0n) is 15.3. The number of nitrogens with zero attached hydrogens (tertiary/aromatic N) is 6. The highest BCUT2D eigenvalue weighted by molar-refractivity contribution is 6.32. The molecule has 138 valence electrons. The summed E-state index contributed by atoms with van der Waals surface area (Å²) in [6.45, 7) is 4.24. The zero-order valence-corrected chi connectivity index (χ0v) is 16.1. The number of aryl methyl sites for hydroxylation is 3. The van der Waals surface area contributed by atoms with Gasteiger partial charge in [-0.1, -0.05) is 48.9 Å². The summed E-state index contributed by atoms with van der Waals surface area (Å²) in [6.07, 6.45) is 2.54. The van der Waals surface area contributed by atoms with Gasteiger partial charge in [-0.15, -0.1) is 10.2 Å². The minimum Gasteiger partial charge on any atom is -0.424 e. The highest BCUT2D eigenvalue weighted by Crippen LogP contribution is 2.38. The number of rotatable bonds is 5. The summed E-state index contributed by atoms with van der Waals surface area (Å²) in [5.74, 6) is 1.05. The maximum absolute atomic E-state index is 6.63. The van der Waals surface area contributed by atoms with Crippen molar-refractivity contribution in [1.82, 2.24) is 29.5 Å². The third-order valence-electron chi connectivity index (χ3n) is 4.38. The topological polar surface area (TPSA) is 74.6 Å². The molecule has 0 unspecified atom stereocenters. The summed E-state index contributed by atoms with van der Waals surface area (Å²) in [5.41, 5.74) is 4.55. The highest BCUT2D eigenvalue weighted by atomic mass is 35.5. The smallest absolute Gasteiger partial charge is 0.236 e. The SMILES string of the molecule is CCc1nn(C)c(Cl)c1-c1c(-c2ccccc2)ncn1Cc1nnc(C)o1. The van der Waals surface area contributed by atoms with Gasteiger partial charge < -0.3 is 8.98 Å². The molecule has 0 aliphatic rings. The van der Waals surface area contributed by atoms with Gasteiger partial charge in [-0.3, -0.25) is 4.68 Å². The molecule has 7 nitrogen and oxygen atoms in total. The van der Waals surface area contributed by atoms with Gasteiger partial charge in [0.2, 0.25) is 11.8 Å². The molecule has 27 heavy (non-hydrogen) atoms. The van der Waals surface area contributed by atoms with Crippen LogP contribution in [0.5, 0.6) is 0 Å². The van der Waals surface area contributed by atoms with E-state index in [1.165, 1.54) is 0 Å². The van der Waals surface area contributed by atoms with Crippen LogP contribution in [0, 0.1) is 6.92 Å². The summed E-state index contributed by atoms with van der Waals surface area (Å²) in [5, 5.41) is 13.2. The number of hydrogen-bond donors (Lipinski definition) is 0. The molecule has 3 aromatic heterocycles. The van der Waals surface area contributed by atoms with Gasteiger partial charge in [0.15, 0.2) is 0 Å². The Morgan fingerprint density at radius 2 is 1.93 bits per heavy atom. The standard InChI is InChI=1S/C19H19ClN6O/c1-4-14-16(19(20)25(3)24-14)18-17(13-8-6-5-7-9-13)21-11-26(18)10-15-23-22-12(2)27-15/h5-9,11H,4,10H2,1-3H3. The van der Waals surface area contributed by atoms with Crippen LogP contribution in [0.3, 0.4) is 0 Å². The molecule has 0 radical (unpaired) electrons. The third kappa shape index (κ3) is 3.14. The fourth-order valence-corrected chi connectivity index (χ4v) is 3.39. The zero-order chi connectivity index (χ0) is 19.0. The molecule has 0 saturated heterocycles. The molecule has 0 saturated carbocycles. The maximum Gasteiger partial charge on any atom is 0.236 e. The minimum absolute atomic E-state index is 0.407. The molecule has 0 bridgehead atoms. The van der Waals surface area contributed by atoms with Gasteiger partial charge in [0.1, 0.15) is 11.7 Å². The van der Waals surface area contributed by atoms with Crippen LogP contribution in [-0.2, 0) is 20.0 Å². The number of hydrogen-bond acceptors (Lipinski definition) is 5. The van der Waals surface area contributed by atoms with Crippen LogP contribution in [0.4, 0.5) is 0 Å². The lowest BCUT2D eigenvalue weighted by molar-refractivity contribution is 0.455. The van der Waals surface area contributed by atoms with Gasteiger partial charge in [-0.05, 0) is 6.42 Å². The Bertz CT molecular complexity index is 1080. The van der Waals surface area contributed by atoms with Crippen molar-refractivity contribution in [1.29, 1.82) is 0 Å². The van der Waals surface area contributed by atoms with Crippen LogP contribution < -0.4 is 0 Å². The highest BCUT2D eigenvalue weighted by Gasteiger charge is 2.24. The summed E-state index contributed by atoms with van der Waals surface area (Å²) in [7, 11) is 1.84. The predicted molar refractivity (Wildman–Crippen MR) is 102 cm³/mol. The lowest BCUT2D eigenvalue weighted by Gasteiger charge is -2.10. The van der Waals surface area contributed by atoms with Crippen LogP contribution in [0.1, 0.15) is 24.4 Å². The summed E-state index contributed by atoms with van der Waals surface area (Å²) in [6, 6.07) is 10.0. The van der Waals surface area contributed by atoms with E-state index >= 15 is 0 Å². The van der Waals surface area contributed by atoms with E-state index in [1.54, 1.807) is 17.9 Å². The Morgan fingerprint density at radius 3 is 2.59 bits per heavy atom. The van der Waals surface area contributed by atoms with E-state index < -0.39 is 0 Å². The Hall–Kier alpha value is -2.93. The van der Waals surface area contributed by atoms with Crippen LogP contribution >= 0.6 is 11.6 Å². The van der Waals surface area contributed by atoms with E-state index in [4.69, 9.17) is 16.0 Å². The normalized spacial score (nSPS) is 11.3. The fraction of sp³-hybridized carbons (Fsp3) is 0.263. The molecular weight excluding hydrogens is 364 g/mol. The van der Waals surface area contributed by atoms with E-state index in [0.29, 0.717) is 23.5 Å². The molecule has 1 aromatic carbocycles. The molecule has 0 aliphatic heterocycles. The van der Waals surface area contributed by atoms with Gasteiger partial charge in [-0.2, -0.15) is 5.10 Å². The number of imidazole rings is 1. The van der Waals surface area contributed by atoms with Crippen molar-refractivity contribution in [3.05, 3.63) is 59.3 Å². The van der Waals surface area contributed by atoms with Crippen molar-refractivity contribution in [2.45, 2.75) is 26.8 Å². The molecule has 3 heterocycles. The van der Waals surface area contributed by atoms with Crippen LogP contribution in [0.25, 0.3) is 22.5 Å². The van der Waals surface area contributed by atoms with Crippen molar-refractivity contribution in [3.8, 4) is 22.5 Å². The van der Waals surface area contributed by atoms with E-state index in [9.17, 15) is 0 Å². The largest absolute Gasteiger partial charge is 0.424 e. The van der Waals surface area contributed by atoms with E-state index in [0.717, 1.165) is 34.6 Å². The second-order valence-electron chi connectivity index (χ2n) is 6.24. The van der Waals surface area contributed by atoms with Gasteiger partial charge in [0, 0.05) is 19.5 Å². The van der Waals surface area contributed by atoms with Crippen LogP contribution in [0.15, 0.2) is 41.1 Å². The maximum atomic E-state index is 6.63. The summed E-state index contributed by atoms with van der Waals surface area (Å²) >= 11 is 6.63. The molecule has 0 N–H and O–H groups in total. The molecule has 4 rings (SSSR count). The lowest BCUT2D eigenvalue weighted by atomic mass is 10.0. The Labute approximate surface area is 161 Å². The summed E-state index contributed by atoms with van der Waals surface area (Å²) < 4.78 is 9.24. The molecule has 0 atom stereocenters. The lowest BCUT2D eigenvalue weighted by Crippen LogP contribution is -2.02. The average Bonchev–Trinajstić information content (AvgIpc) is 3.35. The first-order valence-electron chi connectivity index (χ1n) is 8.69. The number of aromatic nitrogens is 6. The fourth-order valence-electron chi connectivity index (χ4n) is 3.16. The van der Waals surface area contributed by atoms with Crippen molar-refractivity contribution in [2.24, 2.45) is 7.05 Å². The van der Waals surface area contributed by atoms with Gasteiger partial charge >= 0.3 is 0 Å². The quantitative estimate of drug-likeness (QED) is 0.523. The molecular formula is C19H19ClN6O. The van der Waals surface area contributed by atoms with Gasteiger partial charge in [-0.25, -0.2) is 4.98 Å². The third-order valence-corrected chi connectivity index (χ3v) is 4.81. The van der Waals surface area contributed by atoms with Crippen molar-refractivity contribution in [2.75, 3.05) is 0 Å². The summed E-state index contributed by atoms with van der Waals surface area (Å²) in [4.78, 5) is 4.67. The monoisotopic (exact) mass is 382 g/mol. The van der Waals surface area contributed by atoms with E-state index in [-0.39, 0.29) is 0 Å². The first-order valence-corrected chi connectivity index (χ1v) is 9.07. The Balaban J connectivity index is 1.93. The second kappa shape index (κ2) is 7.00. The first kappa shape index (κ1) is 17.5. The van der Waals surface area contributed by atoms with E-state index in [1.807, 2.05) is 41.9 Å². The molecule has 0 amide bonds. The minimum atomic E-state index is 0.407. The predicted octanol–water partition coefficient (Wildman–Crippen LogP) is 3.91. The Kier molecular flexibility index (Phi) is 4.53. The molecule has 0 aliphatic carbocycles. The van der Waals surface area contributed by atoms with Crippen molar-refractivity contribution >= 4 is 11.6 Å². The number of benzene rings is 1. The first-order chi connectivity index (χ1) is 13.1. The van der Waals surface area contributed by atoms with E-state index in [2.05, 4.69) is 27.2 Å². The molecule has 8 heteroatoms. The molecule has 0 fully saturated rings. The number of halogens is 1. The average molecular weight is 383 g/mol. The van der Waals surface area contributed by atoms with Gasteiger partial charge in [0.05, 0.1) is 29.0 Å². The van der Waals surface area contributed by atoms with Crippen molar-refractivity contribution in [3.63, 3.8) is 0 Å². The van der Waals surface area contributed by atoms with Crippen LogP contribution in [-0.4, -0.2) is 29.5 Å². The van der Waals surface area contributed by atoms with Crippen LogP contribution in [0.2, 0.25) is 5.15 Å². The molecule has 4 aromatic rings. The molecule has 0 spiro atoms.